The first-order valence-corrected chi connectivity index (χ1v) is 9.28. The molecule has 0 unspecified atom stereocenters. The molecule has 26 heavy (non-hydrogen) atoms. The number of fused-ring (bicyclic) bond motifs is 1. The number of aromatic nitrogens is 2. The van der Waals surface area contributed by atoms with Crippen molar-refractivity contribution in [2.75, 3.05) is 19.4 Å². The number of anilines is 1. The molecule has 0 saturated carbocycles. The van der Waals surface area contributed by atoms with E-state index in [4.69, 9.17) is 0 Å². The molecule has 0 spiro atoms. The lowest BCUT2D eigenvalue weighted by atomic mass is 10.0. The third-order valence-electron chi connectivity index (χ3n) is 4.59. The molecule has 0 aliphatic heterocycles. The van der Waals surface area contributed by atoms with E-state index in [0.29, 0.717) is 12.2 Å². The van der Waals surface area contributed by atoms with Gasteiger partial charge in [-0.3, -0.25) is 4.79 Å². The zero-order chi connectivity index (χ0) is 19.0. The van der Waals surface area contributed by atoms with E-state index in [1.54, 1.807) is 14.1 Å². The summed E-state index contributed by atoms with van der Waals surface area (Å²) >= 11 is 3.58. The molecular formula is C20H23BrN4O. The standard InChI is InChI=1S/C20H23BrN4O/c1-11-7-6-8-12(2)14(11)10-22-15-9-16(20(26)25(4)5)24-19-17(21)13(3)23-18(15)19/h6-9,23H,10H2,1-5H3,(H,22,24). The largest absolute Gasteiger partial charge is 0.379 e. The van der Waals surface area contributed by atoms with Crippen LogP contribution in [0.4, 0.5) is 5.69 Å². The number of aromatic amines is 1. The number of pyridine rings is 1. The van der Waals surface area contributed by atoms with E-state index < -0.39 is 0 Å². The minimum atomic E-state index is -0.118. The predicted molar refractivity (Wildman–Crippen MR) is 110 cm³/mol. The Morgan fingerprint density at radius 1 is 1.23 bits per heavy atom. The van der Waals surface area contributed by atoms with Crippen LogP contribution >= 0.6 is 15.9 Å². The Morgan fingerprint density at radius 3 is 2.50 bits per heavy atom. The number of amides is 1. The smallest absolute Gasteiger partial charge is 0.272 e. The zero-order valence-electron chi connectivity index (χ0n) is 15.7. The molecule has 5 nitrogen and oxygen atoms in total. The molecule has 0 fully saturated rings. The Hall–Kier alpha value is -2.34. The molecule has 2 N–H and O–H groups in total. The van der Waals surface area contributed by atoms with Gasteiger partial charge in [-0.15, -0.1) is 0 Å². The van der Waals surface area contributed by atoms with Gasteiger partial charge in [0, 0.05) is 26.3 Å². The minimum Gasteiger partial charge on any atom is -0.379 e. The molecule has 136 valence electrons. The molecule has 2 aromatic heterocycles. The van der Waals surface area contributed by atoms with Gasteiger partial charge in [0.1, 0.15) is 11.2 Å². The highest BCUT2D eigenvalue weighted by atomic mass is 79.9. The number of H-pyrrole nitrogens is 1. The Bertz CT molecular complexity index is 971. The normalized spacial score (nSPS) is 11.0. The minimum absolute atomic E-state index is 0.118. The number of benzene rings is 1. The predicted octanol–water partition coefficient (Wildman–Crippen LogP) is 4.56. The summed E-state index contributed by atoms with van der Waals surface area (Å²) < 4.78 is 0.885. The van der Waals surface area contributed by atoms with Crippen LogP contribution in [0.3, 0.4) is 0 Å². The molecule has 0 radical (unpaired) electrons. The maximum atomic E-state index is 12.5. The zero-order valence-corrected chi connectivity index (χ0v) is 17.3. The Kier molecular flexibility index (Phi) is 5.05. The summed E-state index contributed by atoms with van der Waals surface area (Å²) in [5, 5.41) is 3.50. The number of hydrogen-bond acceptors (Lipinski definition) is 3. The fourth-order valence-electron chi connectivity index (χ4n) is 3.04. The summed E-state index contributed by atoms with van der Waals surface area (Å²) in [6.45, 7) is 6.89. The maximum absolute atomic E-state index is 12.5. The van der Waals surface area contributed by atoms with Gasteiger partial charge in [0.25, 0.3) is 5.91 Å². The highest BCUT2D eigenvalue weighted by molar-refractivity contribution is 9.10. The number of nitrogens with zero attached hydrogens (tertiary/aromatic N) is 2. The second-order valence-corrected chi connectivity index (χ2v) is 7.56. The van der Waals surface area contributed by atoms with Gasteiger partial charge in [0.2, 0.25) is 0 Å². The second-order valence-electron chi connectivity index (χ2n) is 6.77. The van der Waals surface area contributed by atoms with E-state index >= 15 is 0 Å². The van der Waals surface area contributed by atoms with Crippen molar-refractivity contribution in [3.63, 3.8) is 0 Å². The van der Waals surface area contributed by atoms with Crippen LogP contribution < -0.4 is 5.32 Å². The van der Waals surface area contributed by atoms with E-state index in [1.165, 1.54) is 21.6 Å². The molecule has 1 aromatic carbocycles. The first-order valence-electron chi connectivity index (χ1n) is 8.49. The average molecular weight is 415 g/mol. The second kappa shape index (κ2) is 7.11. The topological polar surface area (TPSA) is 61.0 Å². The number of halogens is 1. The summed E-state index contributed by atoms with van der Waals surface area (Å²) in [7, 11) is 3.46. The lowest BCUT2D eigenvalue weighted by Gasteiger charge is -2.15. The maximum Gasteiger partial charge on any atom is 0.272 e. The number of nitrogens with one attached hydrogen (secondary N) is 2. The van der Waals surface area contributed by atoms with E-state index in [9.17, 15) is 4.79 Å². The fourth-order valence-corrected chi connectivity index (χ4v) is 3.43. The van der Waals surface area contributed by atoms with Crippen molar-refractivity contribution < 1.29 is 4.79 Å². The SMILES string of the molecule is Cc1cccc(C)c1CNc1cc(C(=O)N(C)C)nc2c(Br)c(C)[nH]c12. The number of hydrogen-bond donors (Lipinski definition) is 2. The molecular weight excluding hydrogens is 392 g/mol. The summed E-state index contributed by atoms with van der Waals surface area (Å²) in [5.74, 6) is -0.118. The van der Waals surface area contributed by atoms with Gasteiger partial charge in [0.15, 0.2) is 0 Å². The summed E-state index contributed by atoms with van der Waals surface area (Å²) in [5.41, 5.74) is 7.70. The van der Waals surface area contributed by atoms with Gasteiger partial charge < -0.3 is 15.2 Å². The van der Waals surface area contributed by atoms with Crippen LogP contribution in [0.1, 0.15) is 32.9 Å². The van der Waals surface area contributed by atoms with E-state index in [0.717, 1.165) is 26.9 Å². The Morgan fingerprint density at radius 2 is 1.88 bits per heavy atom. The van der Waals surface area contributed by atoms with Crippen LogP contribution in [-0.4, -0.2) is 34.9 Å². The van der Waals surface area contributed by atoms with Crippen molar-refractivity contribution in [3.8, 4) is 0 Å². The van der Waals surface area contributed by atoms with Crippen LogP contribution in [0.25, 0.3) is 11.0 Å². The number of carbonyl (C=O) groups is 1. The Balaban J connectivity index is 2.06. The summed E-state index contributed by atoms with van der Waals surface area (Å²) in [4.78, 5) is 21.9. The fraction of sp³-hybridized carbons (Fsp3) is 0.300. The van der Waals surface area contributed by atoms with Crippen LogP contribution in [-0.2, 0) is 6.54 Å². The average Bonchev–Trinajstić information content (AvgIpc) is 2.88. The van der Waals surface area contributed by atoms with Gasteiger partial charge in [-0.1, -0.05) is 18.2 Å². The first kappa shape index (κ1) is 18.5. The van der Waals surface area contributed by atoms with E-state index in [-0.39, 0.29) is 5.91 Å². The highest BCUT2D eigenvalue weighted by Gasteiger charge is 2.18. The quantitative estimate of drug-likeness (QED) is 0.657. The lowest BCUT2D eigenvalue weighted by molar-refractivity contribution is 0.0822. The monoisotopic (exact) mass is 414 g/mol. The number of aryl methyl sites for hydroxylation is 3. The third kappa shape index (κ3) is 3.33. The van der Waals surface area contributed by atoms with Gasteiger partial charge >= 0.3 is 0 Å². The highest BCUT2D eigenvalue weighted by Crippen LogP contribution is 2.32. The van der Waals surface area contributed by atoms with Crippen molar-refractivity contribution >= 4 is 38.6 Å². The van der Waals surface area contributed by atoms with Crippen molar-refractivity contribution in [2.24, 2.45) is 0 Å². The molecule has 0 aliphatic rings. The molecule has 3 rings (SSSR count). The Labute approximate surface area is 161 Å². The summed E-state index contributed by atoms with van der Waals surface area (Å²) in [6.07, 6.45) is 0. The van der Waals surface area contributed by atoms with Crippen LogP contribution in [0.15, 0.2) is 28.7 Å². The molecule has 0 saturated heterocycles. The van der Waals surface area contributed by atoms with Crippen molar-refractivity contribution in [1.82, 2.24) is 14.9 Å². The third-order valence-corrected chi connectivity index (χ3v) is 5.56. The van der Waals surface area contributed by atoms with Crippen LogP contribution in [0, 0.1) is 20.8 Å². The molecule has 0 bridgehead atoms. The van der Waals surface area contributed by atoms with Crippen molar-refractivity contribution in [1.29, 1.82) is 0 Å². The summed E-state index contributed by atoms with van der Waals surface area (Å²) in [6, 6.07) is 8.11. The lowest BCUT2D eigenvalue weighted by Crippen LogP contribution is -2.23. The van der Waals surface area contributed by atoms with Crippen molar-refractivity contribution in [3.05, 3.63) is 56.8 Å². The molecule has 2 heterocycles. The van der Waals surface area contributed by atoms with Gasteiger partial charge in [-0.2, -0.15) is 0 Å². The number of rotatable bonds is 4. The van der Waals surface area contributed by atoms with Gasteiger partial charge in [-0.05, 0) is 59.5 Å². The molecule has 1 amide bonds. The number of carbonyl (C=O) groups excluding carboxylic acids is 1. The van der Waals surface area contributed by atoms with Crippen LogP contribution in [0.5, 0.6) is 0 Å². The van der Waals surface area contributed by atoms with Crippen LogP contribution in [0.2, 0.25) is 0 Å². The molecule has 0 aliphatic carbocycles. The van der Waals surface area contributed by atoms with Gasteiger partial charge in [-0.25, -0.2) is 4.98 Å². The van der Waals surface area contributed by atoms with Gasteiger partial charge in [0.05, 0.1) is 15.7 Å². The van der Waals surface area contributed by atoms with E-state index in [1.807, 2.05) is 13.0 Å². The molecule has 6 heteroatoms. The van der Waals surface area contributed by atoms with Crippen molar-refractivity contribution in [2.45, 2.75) is 27.3 Å². The van der Waals surface area contributed by atoms with E-state index in [2.05, 4.69) is 63.3 Å². The first-order chi connectivity index (χ1) is 12.3. The molecule has 3 aromatic rings. The molecule has 0 atom stereocenters.